The van der Waals surface area contributed by atoms with Gasteiger partial charge in [-0.05, 0) is 81.4 Å². The molecular weight excluding hydrogens is 604 g/mol. The highest BCUT2D eigenvalue weighted by molar-refractivity contribution is 5.94. The van der Waals surface area contributed by atoms with Crippen molar-refractivity contribution in [2.24, 2.45) is 0 Å². The van der Waals surface area contributed by atoms with Gasteiger partial charge in [-0.1, -0.05) is 42.5 Å². The predicted octanol–water partition coefficient (Wildman–Crippen LogP) is 7.73. The number of hydrogen-bond acceptors (Lipinski definition) is 9. The fourth-order valence-electron chi connectivity index (χ4n) is 5.55. The Balaban J connectivity index is 1.22. The second-order valence-electron chi connectivity index (χ2n) is 12.9. The first kappa shape index (κ1) is 32.6. The first-order valence-electron chi connectivity index (χ1n) is 16.1. The maximum atomic E-state index is 12.8. The Morgan fingerprint density at radius 3 is 2.33 bits per heavy atom. The van der Waals surface area contributed by atoms with Gasteiger partial charge in [0, 0.05) is 49.0 Å². The number of methoxy groups -OCH3 is 1. The molecule has 1 aliphatic heterocycles. The molecule has 1 amide bonds. The van der Waals surface area contributed by atoms with Crippen LogP contribution in [0.5, 0.6) is 11.5 Å². The quantitative estimate of drug-likeness (QED) is 0.167. The number of para-hydroxylation sites is 1. The van der Waals surface area contributed by atoms with E-state index in [0.717, 1.165) is 76.6 Å². The van der Waals surface area contributed by atoms with Crippen molar-refractivity contribution in [2.75, 3.05) is 55.9 Å². The lowest BCUT2D eigenvalue weighted by Crippen LogP contribution is -2.44. The molecule has 6 rings (SSSR count). The third-order valence-corrected chi connectivity index (χ3v) is 8.07. The summed E-state index contributed by atoms with van der Waals surface area (Å²) in [6.45, 7) is 9.62. The molecule has 1 fully saturated rings. The van der Waals surface area contributed by atoms with Crippen LogP contribution in [0.1, 0.15) is 26.3 Å². The highest BCUT2D eigenvalue weighted by Crippen LogP contribution is 2.33. The van der Waals surface area contributed by atoms with Crippen molar-refractivity contribution in [2.45, 2.75) is 33.0 Å². The van der Waals surface area contributed by atoms with Crippen LogP contribution in [0.25, 0.3) is 22.0 Å². The smallest absolute Gasteiger partial charge is 0.412 e. The Morgan fingerprint density at radius 1 is 0.896 bits per heavy atom. The van der Waals surface area contributed by atoms with Gasteiger partial charge in [0.2, 0.25) is 5.95 Å². The highest BCUT2D eigenvalue weighted by atomic mass is 16.6. The van der Waals surface area contributed by atoms with Gasteiger partial charge in [0.25, 0.3) is 0 Å². The lowest BCUT2D eigenvalue weighted by Gasteiger charge is -2.35. The summed E-state index contributed by atoms with van der Waals surface area (Å²) >= 11 is 0. The zero-order valence-electron chi connectivity index (χ0n) is 28.1. The van der Waals surface area contributed by atoms with E-state index in [2.05, 4.69) is 38.5 Å². The molecule has 48 heavy (non-hydrogen) atoms. The molecule has 0 aliphatic carbocycles. The first-order valence-corrected chi connectivity index (χ1v) is 16.1. The van der Waals surface area contributed by atoms with Crippen LogP contribution in [0.3, 0.4) is 0 Å². The number of amides is 1. The topological polar surface area (TPSA) is 101 Å². The zero-order valence-corrected chi connectivity index (χ0v) is 28.1. The minimum Gasteiger partial charge on any atom is -0.497 e. The molecule has 4 aromatic carbocycles. The van der Waals surface area contributed by atoms with Gasteiger partial charge in [-0.15, -0.1) is 0 Å². The van der Waals surface area contributed by atoms with Crippen molar-refractivity contribution >= 4 is 40.0 Å². The molecule has 5 aromatic rings. The summed E-state index contributed by atoms with van der Waals surface area (Å²) in [6, 6.07) is 27.8. The molecule has 0 spiro atoms. The Labute approximate surface area is 281 Å². The Kier molecular flexibility index (Phi) is 9.63. The fourth-order valence-corrected chi connectivity index (χ4v) is 5.55. The number of rotatable bonds is 9. The number of hydrogen-bond donors (Lipinski definition) is 2. The molecule has 10 heteroatoms. The van der Waals surface area contributed by atoms with E-state index in [1.54, 1.807) is 7.11 Å². The molecule has 2 N–H and O–H groups in total. The van der Waals surface area contributed by atoms with Gasteiger partial charge in [-0.3, -0.25) is 5.32 Å². The summed E-state index contributed by atoms with van der Waals surface area (Å²) in [4.78, 5) is 26.9. The van der Waals surface area contributed by atoms with Gasteiger partial charge in [-0.2, -0.15) is 0 Å². The van der Waals surface area contributed by atoms with E-state index in [9.17, 15) is 4.79 Å². The molecule has 1 saturated heterocycles. The van der Waals surface area contributed by atoms with Gasteiger partial charge in [0.05, 0.1) is 24.0 Å². The van der Waals surface area contributed by atoms with E-state index < -0.39 is 11.7 Å². The standard InChI is InChI=1S/C38H42N6O4/c1-38(2,3)48-37(45)41-33-23-29(13-18-34(33)44-21-19-43(4)20-22-44)40-36-39-24-28-7-6-8-32(35(28)42-36)27-11-16-31(17-12-27)47-25-26-9-14-30(46-5)15-10-26/h6-18,23-24H,19-22,25H2,1-5H3,(H,41,45)(H,39,40,42). The van der Waals surface area contributed by atoms with Crippen LogP contribution in [0.4, 0.5) is 27.8 Å². The number of carbonyl (C=O) groups is 1. The largest absolute Gasteiger partial charge is 0.497 e. The van der Waals surface area contributed by atoms with Crippen molar-refractivity contribution in [1.82, 2.24) is 14.9 Å². The Morgan fingerprint density at radius 2 is 1.62 bits per heavy atom. The predicted molar refractivity (Wildman–Crippen MR) is 192 cm³/mol. The molecule has 1 aromatic heterocycles. The number of carbonyl (C=O) groups excluding carboxylic acids is 1. The number of anilines is 4. The minimum absolute atomic E-state index is 0.449. The second kappa shape index (κ2) is 14.2. The second-order valence-corrected chi connectivity index (χ2v) is 12.9. The van der Waals surface area contributed by atoms with Crippen LogP contribution in [0.15, 0.2) is 91.1 Å². The monoisotopic (exact) mass is 646 g/mol. The fraction of sp³-hybridized carbons (Fsp3) is 0.289. The number of nitrogens with zero attached hydrogens (tertiary/aromatic N) is 4. The summed E-state index contributed by atoms with van der Waals surface area (Å²) < 4.78 is 16.8. The van der Waals surface area contributed by atoms with E-state index in [0.29, 0.717) is 18.2 Å². The third-order valence-electron chi connectivity index (χ3n) is 8.07. The van der Waals surface area contributed by atoms with E-state index in [-0.39, 0.29) is 0 Å². The number of aromatic nitrogens is 2. The van der Waals surface area contributed by atoms with Gasteiger partial charge in [0.15, 0.2) is 0 Å². The van der Waals surface area contributed by atoms with Crippen LogP contribution in [-0.2, 0) is 11.3 Å². The van der Waals surface area contributed by atoms with Gasteiger partial charge >= 0.3 is 6.09 Å². The SMILES string of the molecule is COc1ccc(COc2ccc(-c3cccc4cnc(Nc5ccc(N6CCN(C)CC6)c(NC(=O)OC(C)(C)C)c5)nc34)cc2)cc1. The number of likely N-dealkylation sites (N-methyl/N-ethyl adjacent to an activating group) is 1. The number of piperazine rings is 1. The summed E-state index contributed by atoms with van der Waals surface area (Å²) in [5.74, 6) is 2.05. The van der Waals surface area contributed by atoms with Crippen molar-refractivity contribution in [3.8, 4) is 22.6 Å². The first-order chi connectivity index (χ1) is 23.1. The molecule has 0 bridgehead atoms. The zero-order chi connectivity index (χ0) is 33.7. The lowest BCUT2D eigenvalue weighted by atomic mass is 10.0. The van der Waals surface area contributed by atoms with Gasteiger partial charge in [-0.25, -0.2) is 14.8 Å². The van der Waals surface area contributed by atoms with Crippen LogP contribution in [-0.4, -0.2) is 66.9 Å². The molecular formula is C38H42N6O4. The average Bonchev–Trinajstić information content (AvgIpc) is 3.07. The highest BCUT2D eigenvalue weighted by Gasteiger charge is 2.21. The number of ether oxygens (including phenoxy) is 3. The van der Waals surface area contributed by atoms with Crippen molar-refractivity contribution < 1.29 is 19.0 Å². The number of benzene rings is 4. The maximum Gasteiger partial charge on any atom is 0.412 e. The van der Waals surface area contributed by atoms with Gasteiger partial charge < -0.3 is 29.3 Å². The summed E-state index contributed by atoms with van der Waals surface area (Å²) in [6.07, 6.45) is 1.32. The lowest BCUT2D eigenvalue weighted by molar-refractivity contribution is 0.0636. The van der Waals surface area contributed by atoms with E-state index in [1.165, 1.54) is 0 Å². The normalized spacial score (nSPS) is 13.6. The molecule has 2 heterocycles. The maximum absolute atomic E-state index is 12.8. The summed E-state index contributed by atoms with van der Waals surface area (Å²) in [7, 11) is 3.78. The molecule has 10 nitrogen and oxygen atoms in total. The van der Waals surface area contributed by atoms with Crippen LogP contribution >= 0.6 is 0 Å². The van der Waals surface area contributed by atoms with Crippen LogP contribution < -0.4 is 25.0 Å². The minimum atomic E-state index is -0.616. The third kappa shape index (κ3) is 8.13. The van der Waals surface area contributed by atoms with Crippen molar-refractivity contribution in [3.63, 3.8) is 0 Å². The van der Waals surface area contributed by atoms with E-state index in [4.69, 9.17) is 19.2 Å². The van der Waals surface area contributed by atoms with Crippen molar-refractivity contribution in [3.05, 3.63) is 96.7 Å². The molecule has 1 aliphatic rings. The Hall–Kier alpha value is -5.35. The number of nitrogens with one attached hydrogen (secondary N) is 2. The van der Waals surface area contributed by atoms with E-state index >= 15 is 0 Å². The summed E-state index contributed by atoms with van der Waals surface area (Å²) in [5, 5.41) is 7.26. The summed E-state index contributed by atoms with van der Waals surface area (Å²) in [5.41, 5.74) is 5.62. The average molecular weight is 647 g/mol. The van der Waals surface area contributed by atoms with Crippen molar-refractivity contribution in [1.29, 1.82) is 0 Å². The molecule has 0 saturated carbocycles. The molecule has 248 valence electrons. The molecule has 0 unspecified atom stereocenters. The van der Waals surface area contributed by atoms with E-state index in [1.807, 2.05) is 106 Å². The van der Waals surface area contributed by atoms with Crippen LogP contribution in [0, 0.1) is 0 Å². The molecule has 0 atom stereocenters. The Bertz CT molecular complexity index is 1860. The number of fused-ring (bicyclic) bond motifs is 1. The van der Waals surface area contributed by atoms with Crippen LogP contribution in [0.2, 0.25) is 0 Å². The van der Waals surface area contributed by atoms with Gasteiger partial charge in [0.1, 0.15) is 23.7 Å². The molecule has 0 radical (unpaired) electrons.